The van der Waals surface area contributed by atoms with Crippen molar-refractivity contribution in [2.24, 2.45) is 127 Å². The van der Waals surface area contributed by atoms with Gasteiger partial charge in [0.15, 0.2) is 24.7 Å². The number of amides is 2. The molecule has 3 aliphatic heterocycles. The maximum absolute atomic E-state index is 13.4. The van der Waals surface area contributed by atoms with Gasteiger partial charge in [-0.1, -0.05) is 7.43 Å². The van der Waals surface area contributed by atoms with Crippen LogP contribution in [0.4, 0.5) is 0 Å². The van der Waals surface area contributed by atoms with E-state index in [0.29, 0.717) is 25.0 Å². The van der Waals surface area contributed by atoms with Crippen LogP contribution in [-0.2, 0) is 84.0 Å². The van der Waals surface area contributed by atoms with Crippen LogP contribution in [0.5, 0.6) is 0 Å². The van der Waals surface area contributed by atoms with E-state index in [0.717, 1.165) is 128 Å². The summed E-state index contributed by atoms with van der Waals surface area (Å²) in [5.74, 6) is 3.73. The van der Waals surface area contributed by atoms with Gasteiger partial charge in [0, 0.05) is 64.9 Å². The third-order valence-electron chi connectivity index (χ3n) is 31.2. The van der Waals surface area contributed by atoms with Crippen molar-refractivity contribution in [2.45, 2.75) is 343 Å². The summed E-state index contributed by atoms with van der Waals surface area (Å²) in [6, 6.07) is -4.91. The predicted octanol–water partition coefficient (Wildman–Crippen LogP) is 2.85. The number of hydrogen-bond donors (Lipinski definition) is 25. The first-order valence-corrected chi connectivity index (χ1v) is 52.1. The van der Waals surface area contributed by atoms with E-state index in [4.69, 9.17) is 64.0 Å². The fraction of sp³-hybridized carbons (Fsp3) is 0.872. The first-order chi connectivity index (χ1) is 63.7. The van der Waals surface area contributed by atoms with Crippen LogP contribution < -0.4 is 49.5 Å². The van der Waals surface area contributed by atoms with Crippen LogP contribution in [0.15, 0.2) is 0 Å². The van der Waals surface area contributed by atoms with Crippen molar-refractivity contribution >= 4 is 67.8 Å². The van der Waals surface area contributed by atoms with E-state index in [1.54, 1.807) is 38.5 Å². The molecule has 772 valence electrons. The molecule has 134 heavy (non-hydrogen) atoms. The summed E-state index contributed by atoms with van der Waals surface area (Å²) in [4.78, 5) is 96.4. The van der Waals surface area contributed by atoms with Crippen LogP contribution in [0.3, 0.4) is 0 Å². The van der Waals surface area contributed by atoms with E-state index >= 15 is 0 Å². The molecule has 3 unspecified atom stereocenters. The van der Waals surface area contributed by atoms with Gasteiger partial charge < -0.3 is 159 Å². The number of nitrogens with two attached hydrogens (primary N) is 4. The molecule has 29 N–H and O–H groups in total. The number of nitrogens with one attached hydrogen (secondary N) is 5. The molecule has 0 radical (unpaired) electrons. The molecular formula is C94H165N9O27S2V2-2. The first kappa shape index (κ1) is 119. The molecule has 19 fully saturated rings. The second-order valence-corrected chi connectivity index (χ2v) is 41.4. The Morgan fingerprint density at radius 1 is 0.463 bits per heavy atom. The number of Topliss-reactive ketones (excluding diaryl/α,β-unsaturated/α-hetero) is 2. The van der Waals surface area contributed by atoms with Crippen molar-refractivity contribution in [1.29, 1.82) is 0 Å². The van der Waals surface area contributed by atoms with Crippen LogP contribution in [0, 0.1) is 131 Å². The van der Waals surface area contributed by atoms with Gasteiger partial charge >= 0.3 is 75.9 Å². The molecule has 16 bridgehead atoms. The molecule has 0 aromatic heterocycles. The summed E-state index contributed by atoms with van der Waals surface area (Å²) in [5, 5.41) is 164. The molecule has 19 rings (SSSR count). The standard InChI is InChI=1S/C30H48N2O11.C22H34N2O6.C12H21N.C11H19N.C8H16NO5.C6H13NO5.C2H6N.C2H2.CH4.2S.2V.H2/c33-15-22-26(39)27(40)25(29(42)43-22)31-8-6-19(1-3-23(35)36)28(41)32-20(2-4-24(37)38)21(34)5-7-30-12-16-9-17(13-30)11-18(10-16)14-30;23-17(2-4-20(28)29)18(25)8-16(1-3-19(26)27)21(30)24-12-22-9-13-5-14(10-22)7-15(6-13)11-22;1-13-8-12-5-9-2-10(6-12)4-11(3-9)7-12;12-7-11-4-8-1-9(5-11)3-10(2-8)6-11;1-2-9-5-7(12)6(11)4(3-10)14-8(5)13;7-3-5(10)4(9)2(1-8)12-6(3)11;1-2-3;1-2;;;;;;/h16-20,22,25-27,29,31,33,39-40,42H,1-15H2,(H,32,41)(H,35,36)(H,37,38);13-17H,1-12,23H2,(H,24,30)(H,26,27)(H,28,29);9-11,13H,2-8H2,1H3;8-10H,1-7,12H2;4-13H,1-3H2;2-6,8-11H,1,7H2;1-3H2;1-2H;1H4;;;;;1H/q;;;;-1;;-1;;;;;;;/t16?,17?,18?,19-,20+,22-,25-,26+,27-,29?,30?;13?,14?,15?,16-,17+,22?;;;4-,5-,6+,7-,8?;2-,3-,4+,5-,6?;;;;;;;;/m11..11......../s1/i;;;;;;;1D;;;;;;. The van der Waals surface area contributed by atoms with Crippen molar-refractivity contribution in [3.63, 3.8) is 0 Å². The second kappa shape index (κ2) is 58.9. The molecule has 0 aromatic rings. The molecule has 40 heteroatoms. The number of aliphatic carboxylic acids is 4. The number of aliphatic hydroxyl groups excluding tert-OH is 12. The summed E-state index contributed by atoms with van der Waals surface area (Å²) >= 11 is 3.79. The van der Waals surface area contributed by atoms with E-state index in [9.17, 15) is 94.5 Å². The number of aliphatic hydroxyl groups is 12. The van der Waals surface area contributed by atoms with E-state index in [1.165, 1.54) is 90.0 Å². The third kappa shape index (κ3) is 35.5. The molecule has 3 heterocycles. The summed E-state index contributed by atoms with van der Waals surface area (Å²) in [7, 11) is 10.2. The molecule has 16 aliphatic carbocycles. The van der Waals surface area contributed by atoms with Crippen molar-refractivity contribution < 1.29 is 169 Å². The van der Waals surface area contributed by atoms with Gasteiger partial charge in [-0.3, -0.25) is 38.4 Å². The number of carbonyl (C=O) groups excluding carboxylic acids is 4. The zero-order chi connectivity index (χ0) is 99.7. The monoisotopic (exact) mass is 2020 g/mol. The zero-order valence-electron chi connectivity index (χ0n) is 78.4. The first-order valence-electron chi connectivity index (χ1n) is 48.4. The average Bonchev–Trinajstić information content (AvgIpc) is 0.765. The minimum absolute atomic E-state index is 0. The van der Waals surface area contributed by atoms with Gasteiger partial charge in [-0.15, -0.1) is 25.9 Å². The molecule has 0 spiro atoms. The average molecular weight is 2020 g/mol. The van der Waals surface area contributed by atoms with Crippen molar-refractivity contribution in [1.82, 2.24) is 26.6 Å². The Hall–Kier alpha value is -3.55. The van der Waals surface area contributed by atoms with Gasteiger partial charge in [-0.25, -0.2) is 0 Å². The van der Waals surface area contributed by atoms with Crippen molar-refractivity contribution in [2.75, 3.05) is 66.1 Å². The van der Waals surface area contributed by atoms with Crippen LogP contribution in [0.1, 0.15) is 241 Å². The summed E-state index contributed by atoms with van der Waals surface area (Å²) < 4.78 is 20.5. The van der Waals surface area contributed by atoms with Crippen LogP contribution in [0.25, 0.3) is 0 Å². The molecule has 16 saturated carbocycles. The van der Waals surface area contributed by atoms with Gasteiger partial charge in [-0.2, -0.15) is 0 Å². The summed E-state index contributed by atoms with van der Waals surface area (Å²) in [6.45, 7) is 8.89. The molecule has 0 aromatic carbocycles. The normalized spacial score (nSPS) is 38.0. The Balaban J connectivity index is 0.000000358. The predicted molar refractivity (Wildman–Crippen MR) is 496 cm³/mol. The topological polar surface area (TPSA) is 652 Å². The summed E-state index contributed by atoms with van der Waals surface area (Å²) in [6.07, 6.45) is 23.5. The van der Waals surface area contributed by atoms with Crippen molar-refractivity contribution in [3.05, 3.63) is 13.8 Å². The molecule has 2 amide bonds. The number of carboxylic acid groups (broad SMARTS) is 4. The van der Waals surface area contributed by atoms with Crippen molar-refractivity contribution in [3.8, 4) is 12.8 Å². The molecule has 3 saturated heterocycles. The Morgan fingerprint density at radius 2 is 0.784 bits per heavy atom. The fourth-order valence-electron chi connectivity index (χ4n) is 26.9. The number of ether oxygens (including phenoxy) is 3. The number of carboxylic acids is 4. The van der Waals surface area contributed by atoms with E-state index in [-0.39, 0.29) is 109 Å². The van der Waals surface area contributed by atoms with Gasteiger partial charge in [-0.05, 0) is 305 Å². The van der Waals surface area contributed by atoms with Gasteiger partial charge in [0.2, 0.25) is 11.8 Å². The fourth-order valence-corrected chi connectivity index (χ4v) is 26.9. The van der Waals surface area contributed by atoms with Gasteiger partial charge in [0.1, 0.15) is 62.1 Å². The third-order valence-corrected chi connectivity index (χ3v) is 31.2. The summed E-state index contributed by atoms with van der Waals surface area (Å²) in [5.41, 5.74) is 23.4. The van der Waals surface area contributed by atoms with E-state index < -0.39 is 171 Å². The molecule has 19 aliphatic rings. The Kier molecular flexibility index (Phi) is 52.4. The SMILES string of the molecule is C.CNCC12CC3CC(CC(C3)C1)C2.NCC12CC3CC(CC(C3)C1)C2.N[C@@H](CCC(=O)O)C(=O)C[C@@H](CCC(=O)O)C(=O)NCC12CC3CC(CC(C3)C1)C2.N[C@H]1C(O)O[C@H](CO)[C@H](O)[C@@H]1O.O=C(O)CC[C@H](CCN[C@H]1C(O)O[C@H](CO)[C@H](O)[C@@H]1O)C(=O)N[C@@H](CCC(=O)O)C(=O)CCC12CC3CC(CC(C3)C1)C2.[2H]C#C.[CH2-]CN.[CH2-]CN[C@H]1C(O)O[C@H](CO)[C@H](O)[C@@H]1O.[HH].[S]=[V].[S]=[V]. The number of carbonyl (C=O) groups is 8. The molecule has 36 nitrogen and oxygen atoms in total. The van der Waals surface area contributed by atoms with Crippen LogP contribution >= 0.6 is 20.6 Å². The molecular weight excluding hydrogens is 1850 g/mol. The number of rotatable bonds is 36. The number of terminal acetylenes is 1. The quantitative estimate of drug-likeness (QED) is 0.0317. The zero-order valence-corrected chi connectivity index (χ0v) is 81.8. The Labute approximate surface area is 820 Å². The Morgan fingerprint density at radius 3 is 1.13 bits per heavy atom. The van der Waals surface area contributed by atoms with E-state index in [1.807, 2.05) is 31.4 Å². The maximum atomic E-state index is 13.4. The second-order valence-electron chi connectivity index (χ2n) is 41.4. The van der Waals surface area contributed by atoms with Crippen LogP contribution in [-0.4, -0.2) is 299 Å². The Bertz CT molecular complexity index is 3510. The van der Waals surface area contributed by atoms with Gasteiger partial charge in [0.05, 0.1) is 50.0 Å². The molecule has 19 atom stereocenters. The van der Waals surface area contributed by atoms with Crippen LogP contribution in [0.2, 0.25) is 0 Å². The number of ketones is 2. The minimum atomic E-state index is -1.55. The number of hydrogen-bond acceptors (Lipinski definition) is 32. The van der Waals surface area contributed by atoms with Gasteiger partial charge in [0.25, 0.3) is 0 Å². The van der Waals surface area contributed by atoms with E-state index in [2.05, 4.69) is 74.5 Å².